The van der Waals surface area contributed by atoms with Crippen molar-refractivity contribution >= 4 is 5.97 Å². The van der Waals surface area contributed by atoms with Gasteiger partial charge in [0, 0.05) is 6.42 Å². The number of ether oxygens (including phenoxy) is 1. The minimum Gasteiger partial charge on any atom is -0.459 e. The fourth-order valence-corrected chi connectivity index (χ4v) is 1.75. The molecule has 0 spiro atoms. The number of hydrogen-bond acceptors (Lipinski definition) is 2. The molecule has 0 heterocycles. The zero-order chi connectivity index (χ0) is 9.03. The molecule has 0 aromatic rings. The standard InChI is InChI=1S/C10H18O2/c1-3-6-9(11)12-10(2)7-4-5-8-10/h3-8H2,1-2H3. The summed E-state index contributed by atoms with van der Waals surface area (Å²) in [5.41, 5.74) is -0.133. The molecular formula is C10H18O2. The van der Waals surface area contributed by atoms with Crippen molar-refractivity contribution < 1.29 is 9.53 Å². The molecule has 0 atom stereocenters. The molecule has 0 N–H and O–H groups in total. The van der Waals surface area contributed by atoms with Gasteiger partial charge in [-0.1, -0.05) is 6.92 Å². The van der Waals surface area contributed by atoms with Gasteiger partial charge in [0.05, 0.1) is 0 Å². The van der Waals surface area contributed by atoms with Gasteiger partial charge in [-0.15, -0.1) is 0 Å². The average Bonchev–Trinajstić information content (AvgIpc) is 2.36. The highest BCUT2D eigenvalue weighted by Gasteiger charge is 2.31. The van der Waals surface area contributed by atoms with Crippen LogP contribution < -0.4 is 0 Å². The van der Waals surface area contributed by atoms with Crippen molar-refractivity contribution in [2.45, 2.75) is 58.0 Å². The fraction of sp³-hybridized carbons (Fsp3) is 0.900. The minimum atomic E-state index is -0.133. The lowest BCUT2D eigenvalue weighted by Crippen LogP contribution is -2.27. The summed E-state index contributed by atoms with van der Waals surface area (Å²) < 4.78 is 5.40. The molecular weight excluding hydrogens is 152 g/mol. The maximum Gasteiger partial charge on any atom is 0.306 e. The van der Waals surface area contributed by atoms with Crippen LogP contribution in [0.25, 0.3) is 0 Å². The summed E-state index contributed by atoms with van der Waals surface area (Å²) in [5, 5.41) is 0. The van der Waals surface area contributed by atoms with Gasteiger partial charge < -0.3 is 4.74 Å². The largest absolute Gasteiger partial charge is 0.459 e. The van der Waals surface area contributed by atoms with E-state index in [1.165, 1.54) is 12.8 Å². The van der Waals surface area contributed by atoms with Crippen molar-refractivity contribution in [3.63, 3.8) is 0 Å². The Kier molecular flexibility index (Phi) is 3.12. The van der Waals surface area contributed by atoms with Gasteiger partial charge in [0.25, 0.3) is 0 Å². The zero-order valence-electron chi connectivity index (χ0n) is 8.06. The first-order chi connectivity index (χ1) is 5.66. The Bertz CT molecular complexity index is 157. The van der Waals surface area contributed by atoms with E-state index in [-0.39, 0.29) is 11.6 Å². The van der Waals surface area contributed by atoms with Crippen molar-refractivity contribution in [3.8, 4) is 0 Å². The molecule has 0 aromatic heterocycles. The van der Waals surface area contributed by atoms with Gasteiger partial charge in [-0.2, -0.15) is 0 Å². The van der Waals surface area contributed by atoms with E-state index >= 15 is 0 Å². The van der Waals surface area contributed by atoms with Crippen LogP contribution in [0.3, 0.4) is 0 Å². The monoisotopic (exact) mass is 170 g/mol. The van der Waals surface area contributed by atoms with Crippen LogP contribution >= 0.6 is 0 Å². The molecule has 1 saturated carbocycles. The lowest BCUT2D eigenvalue weighted by molar-refractivity contribution is -0.157. The van der Waals surface area contributed by atoms with E-state index in [9.17, 15) is 4.79 Å². The first kappa shape index (κ1) is 9.56. The second-order valence-corrected chi connectivity index (χ2v) is 3.88. The lowest BCUT2D eigenvalue weighted by Gasteiger charge is -2.23. The summed E-state index contributed by atoms with van der Waals surface area (Å²) in [5.74, 6) is -0.0260. The smallest absolute Gasteiger partial charge is 0.306 e. The van der Waals surface area contributed by atoms with Crippen molar-refractivity contribution in [1.82, 2.24) is 0 Å². The first-order valence-corrected chi connectivity index (χ1v) is 4.88. The summed E-state index contributed by atoms with van der Waals surface area (Å²) in [6.07, 6.45) is 5.95. The Morgan fingerprint density at radius 2 is 2.00 bits per heavy atom. The summed E-state index contributed by atoms with van der Waals surface area (Å²) in [6.45, 7) is 4.05. The van der Waals surface area contributed by atoms with Gasteiger partial charge in [0.15, 0.2) is 0 Å². The third-order valence-corrected chi connectivity index (χ3v) is 2.48. The van der Waals surface area contributed by atoms with Gasteiger partial charge in [-0.25, -0.2) is 0 Å². The third-order valence-electron chi connectivity index (χ3n) is 2.48. The highest BCUT2D eigenvalue weighted by molar-refractivity contribution is 5.69. The van der Waals surface area contributed by atoms with Crippen LogP contribution in [0, 0.1) is 0 Å². The van der Waals surface area contributed by atoms with Gasteiger partial charge >= 0.3 is 5.97 Å². The number of rotatable bonds is 3. The van der Waals surface area contributed by atoms with E-state index in [0.717, 1.165) is 19.3 Å². The molecule has 0 aromatic carbocycles. The first-order valence-electron chi connectivity index (χ1n) is 4.88. The molecule has 70 valence electrons. The predicted octanol–water partition coefficient (Wildman–Crippen LogP) is 2.66. The van der Waals surface area contributed by atoms with Gasteiger partial charge in [0.2, 0.25) is 0 Å². The highest BCUT2D eigenvalue weighted by Crippen LogP contribution is 2.32. The van der Waals surface area contributed by atoms with E-state index in [1.54, 1.807) is 0 Å². The molecule has 12 heavy (non-hydrogen) atoms. The van der Waals surface area contributed by atoms with Crippen molar-refractivity contribution in [1.29, 1.82) is 0 Å². The molecule has 0 bridgehead atoms. The molecule has 0 unspecified atom stereocenters. The Morgan fingerprint density at radius 3 is 2.50 bits per heavy atom. The number of hydrogen-bond donors (Lipinski definition) is 0. The molecule has 1 fully saturated rings. The summed E-state index contributed by atoms with van der Waals surface area (Å²) in [7, 11) is 0. The van der Waals surface area contributed by atoms with Crippen molar-refractivity contribution in [2.75, 3.05) is 0 Å². The van der Waals surface area contributed by atoms with Gasteiger partial charge in [0.1, 0.15) is 5.60 Å². The molecule has 0 saturated heterocycles. The molecule has 2 heteroatoms. The van der Waals surface area contributed by atoms with Crippen LogP contribution in [-0.2, 0) is 9.53 Å². The Balaban J connectivity index is 2.33. The van der Waals surface area contributed by atoms with Crippen LogP contribution in [0.15, 0.2) is 0 Å². The summed E-state index contributed by atoms with van der Waals surface area (Å²) >= 11 is 0. The maximum atomic E-state index is 11.2. The molecule has 0 amide bonds. The topological polar surface area (TPSA) is 26.3 Å². The SMILES string of the molecule is CCCC(=O)OC1(C)CCCC1. The van der Waals surface area contributed by atoms with Crippen molar-refractivity contribution in [2.24, 2.45) is 0 Å². The fourth-order valence-electron chi connectivity index (χ4n) is 1.75. The summed E-state index contributed by atoms with van der Waals surface area (Å²) in [4.78, 5) is 11.2. The number of esters is 1. The van der Waals surface area contributed by atoms with Crippen LogP contribution in [0.5, 0.6) is 0 Å². The third kappa shape index (κ3) is 2.50. The molecule has 0 radical (unpaired) electrons. The summed E-state index contributed by atoms with van der Waals surface area (Å²) in [6, 6.07) is 0. The Hall–Kier alpha value is -0.530. The van der Waals surface area contributed by atoms with E-state index in [2.05, 4.69) is 0 Å². The maximum absolute atomic E-state index is 11.2. The Morgan fingerprint density at radius 1 is 1.42 bits per heavy atom. The van der Waals surface area contributed by atoms with Crippen LogP contribution in [0.2, 0.25) is 0 Å². The van der Waals surface area contributed by atoms with Gasteiger partial charge in [-0.05, 0) is 39.0 Å². The average molecular weight is 170 g/mol. The van der Waals surface area contributed by atoms with Crippen molar-refractivity contribution in [3.05, 3.63) is 0 Å². The molecule has 1 aliphatic carbocycles. The van der Waals surface area contributed by atoms with E-state index in [1.807, 2.05) is 13.8 Å². The van der Waals surface area contributed by atoms with Crippen LogP contribution in [0.4, 0.5) is 0 Å². The van der Waals surface area contributed by atoms with E-state index in [4.69, 9.17) is 4.74 Å². The molecule has 1 aliphatic rings. The Labute approximate surface area is 74.3 Å². The second kappa shape index (κ2) is 3.92. The molecule has 2 nitrogen and oxygen atoms in total. The number of carbonyl (C=O) groups excluding carboxylic acids is 1. The van der Waals surface area contributed by atoms with E-state index in [0.29, 0.717) is 6.42 Å². The van der Waals surface area contributed by atoms with Crippen LogP contribution in [0.1, 0.15) is 52.4 Å². The molecule has 1 rings (SSSR count). The lowest BCUT2D eigenvalue weighted by atomic mass is 10.1. The highest BCUT2D eigenvalue weighted by atomic mass is 16.6. The molecule has 0 aliphatic heterocycles. The number of carbonyl (C=O) groups is 1. The van der Waals surface area contributed by atoms with E-state index < -0.39 is 0 Å². The normalized spacial score (nSPS) is 20.8. The van der Waals surface area contributed by atoms with Gasteiger partial charge in [-0.3, -0.25) is 4.79 Å². The zero-order valence-corrected chi connectivity index (χ0v) is 8.06. The minimum absolute atomic E-state index is 0.0260. The van der Waals surface area contributed by atoms with Crippen LogP contribution in [-0.4, -0.2) is 11.6 Å². The second-order valence-electron chi connectivity index (χ2n) is 3.88. The quantitative estimate of drug-likeness (QED) is 0.609. The predicted molar refractivity (Wildman–Crippen MR) is 47.9 cm³/mol.